The van der Waals surface area contributed by atoms with Gasteiger partial charge in [-0.3, -0.25) is 4.98 Å². The van der Waals surface area contributed by atoms with Gasteiger partial charge in [-0.25, -0.2) is 4.98 Å². The standard InChI is InChI=1S/C13H24N4O/c1-5-14-8-12-9-16-13(10-15-12)17(11(2)3)6-7-18-4/h9-11,14H,5-8H2,1-4H3. The van der Waals surface area contributed by atoms with Crippen molar-refractivity contribution in [3.63, 3.8) is 0 Å². The number of anilines is 1. The Morgan fingerprint density at radius 2 is 2.11 bits per heavy atom. The quantitative estimate of drug-likeness (QED) is 0.759. The maximum absolute atomic E-state index is 5.12. The second-order valence-electron chi connectivity index (χ2n) is 4.43. The van der Waals surface area contributed by atoms with Crippen LogP contribution in [0.2, 0.25) is 0 Å². The molecule has 5 nitrogen and oxygen atoms in total. The van der Waals surface area contributed by atoms with Gasteiger partial charge in [0.2, 0.25) is 0 Å². The van der Waals surface area contributed by atoms with Crippen LogP contribution in [0.5, 0.6) is 0 Å². The molecule has 1 N–H and O–H groups in total. The molecule has 0 spiro atoms. The van der Waals surface area contributed by atoms with Gasteiger partial charge in [-0.1, -0.05) is 6.92 Å². The van der Waals surface area contributed by atoms with Crippen molar-refractivity contribution in [2.75, 3.05) is 31.7 Å². The number of aromatic nitrogens is 2. The number of methoxy groups -OCH3 is 1. The molecular weight excluding hydrogens is 228 g/mol. The molecule has 1 heterocycles. The van der Waals surface area contributed by atoms with Gasteiger partial charge in [-0.05, 0) is 20.4 Å². The summed E-state index contributed by atoms with van der Waals surface area (Å²) in [4.78, 5) is 11.1. The predicted molar refractivity (Wildman–Crippen MR) is 73.8 cm³/mol. The predicted octanol–water partition coefficient (Wildman–Crippen LogP) is 1.45. The number of nitrogens with one attached hydrogen (secondary N) is 1. The van der Waals surface area contributed by atoms with Gasteiger partial charge in [0, 0.05) is 26.2 Å². The molecule has 0 bridgehead atoms. The molecule has 0 amide bonds. The van der Waals surface area contributed by atoms with Crippen molar-refractivity contribution in [2.45, 2.75) is 33.4 Å². The molecule has 1 aromatic rings. The fourth-order valence-electron chi connectivity index (χ4n) is 1.67. The zero-order valence-corrected chi connectivity index (χ0v) is 11.8. The smallest absolute Gasteiger partial charge is 0.147 e. The van der Waals surface area contributed by atoms with E-state index in [9.17, 15) is 0 Å². The van der Waals surface area contributed by atoms with E-state index in [4.69, 9.17) is 4.74 Å². The van der Waals surface area contributed by atoms with E-state index in [-0.39, 0.29) is 0 Å². The van der Waals surface area contributed by atoms with E-state index in [1.165, 1.54) is 0 Å². The van der Waals surface area contributed by atoms with Crippen LogP contribution in [0.1, 0.15) is 26.5 Å². The van der Waals surface area contributed by atoms with Gasteiger partial charge in [-0.15, -0.1) is 0 Å². The highest BCUT2D eigenvalue weighted by Gasteiger charge is 2.11. The lowest BCUT2D eigenvalue weighted by atomic mass is 10.3. The van der Waals surface area contributed by atoms with Gasteiger partial charge < -0.3 is 15.0 Å². The lowest BCUT2D eigenvalue weighted by Gasteiger charge is -2.27. The van der Waals surface area contributed by atoms with Gasteiger partial charge in [0.25, 0.3) is 0 Å². The van der Waals surface area contributed by atoms with Gasteiger partial charge in [0.1, 0.15) is 5.82 Å². The largest absolute Gasteiger partial charge is 0.383 e. The monoisotopic (exact) mass is 252 g/mol. The van der Waals surface area contributed by atoms with Crippen molar-refractivity contribution in [3.05, 3.63) is 18.1 Å². The number of nitrogens with zero attached hydrogens (tertiary/aromatic N) is 3. The zero-order valence-electron chi connectivity index (χ0n) is 11.8. The van der Waals surface area contributed by atoms with Crippen molar-refractivity contribution in [1.29, 1.82) is 0 Å². The van der Waals surface area contributed by atoms with Crippen LogP contribution in [0, 0.1) is 0 Å². The van der Waals surface area contributed by atoms with E-state index in [2.05, 4.69) is 41.0 Å². The summed E-state index contributed by atoms with van der Waals surface area (Å²) < 4.78 is 5.12. The van der Waals surface area contributed by atoms with E-state index in [1.54, 1.807) is 7.11 Å². The third-order valence-corrected chi connectivity index (χ3v) is 2.70. The van der Waals surface area contributed by atoms with Crippen molar-refractivity contribution >= 4 is 5.82 Å². The van der Waals surface area contributed by atoms with Crippen LogP contribution < -0.4 is 10.2 Å². The third-order valence-electron chi connectivity index (χ3n) is 2.70. The molecular formula is C13H24N4O. The van der Waals surface area contributed by atoms with Crippen LogP contribution in [0.4, 0.5) is 5.82 Å². The Labute approximate surface area is 110 Å². The molecule has 1 rings (SSSR count). The van der Waals surface area contributed by atoms with Crippen molar-refractivity contribution in [2.24, 2.45) is 0 Å². The molecule has 0 aliphatic heterocycles. The van der Waals surface area contributed by atoms with Gasteiger partial charge in [0.05, 0.1) is 24.7 Å². The Kier molecular flexibility index (Phi) is 6.60. The van der Waals surface area contributed by atoms with E-state index in [1.807, 2.05) is 12.4 Å². The van der Waals surface area contributed by atoms with Crippen LogP contribution in [-0.2, 0) is 11.3 Å². The summed E-state index contributed by atoms with van der Waals surface area (Å²) in [5, 5.41) is 3.23. The molecule has 0 saturated heterocycles. The Morgan fingerprint density at radius 3 is 2.61 bits per heavy atom. The van der Waals surface area contributed by atoms with E-state index in [0.29, 0.717) is 12.6 Å². The molecule has 1 aromatic heterocycles. The minimum atomic E-state index is 0.383. The number of hydrogen-bond donors (Lipinski definition) is 1. The summed E-state index contributed by atoms with van der Waals surface area (Å²) in [6.45, 7) is 9.59. The van der Waals surface area contributed by atoms with E-state index >= 15 is 0 Å². The number of hydrogen-bond acceptors (Lipinski definition) is 5. The SMILES string of the molecule is CCNCc1cnc(N(CCOC)C(C)C)cn1. The normalized spacial score (nSPS) is 10.9. The highest BCUT2D eigenvalue weighted by Crippen LogP contribution is 2.12. The van der Waals surface area contributed by atoms with Gasteiger partial charge in [0.15, 0.2) is 0 Å². The minimum Gasteiger partial charge on any atom is -0.383 e. The molecule has 0 atom stereocenters. The molecule has 5 heteroatoms. The summed E-state index contributed by atoms with van der Waals surface area (Å²) in [7, 11) is 1.71. The molecule has 102 valence electrons. The Morgan fingerprint density at radius 1 is 1.33 bits per heavy atom. The van der Waals surface area contributed by atoms with Crippen LogP contribution >= 0.6 is 0 Å². The fraction of sp³-hybridized carbons (Fsp3) is 0.692. The summed E-state index contributed by atoms with van der Waals surface area (Å²) in [5.41, 5.74) is 0.969. The van der Waals surface area contributed by atoms with Crippen molar-refractivity contribution in [3.8, 4) is 0 Å². The van der Waals surface area contributed by atoms with Gasteiger partial charge in [-0.2, -0.15) is 0 Å². The average molecular weight is 252 g/mol. The minimum absolute atomic E-state index is 0.383. The molecule has 0 aliphatic carbocycles. The second kappa shape index (κ2) is 8.00. The topological polar surface area (TPSA) is 50.3 Å². The third kappa shape index (κ3) is 4.58. The first-order valence-electron chi connectivity index (χ1n) is 6.46. The van der Waals surface area contributed by atoms with Crippen molar-refractivity contribution < 1.29 is 4.74 Å². The number of rotatable bonds is 8. The number of ether oxygens (including phenoxy) is 1. The van der Waals surface area contributed by atoms with Crippen molar-refractivity contribution in [1.82, 2.24) is 15.3 Å². The highest BCUT2D eigenvalue weighted by molar-refractivity contribution is 5.36. The van der Waals surface area contributed by atoms with Crippen LogP contribution in [0.15, 0.2) is 12.4 Å². The summed E-state index contributed by atoms with van der Waals surface area (Å²) in [6, 6.07) is 0.383. The fourth-order valence-corrected chi connectivity index (χ4v) is 1.67. The molecule has 0 saturated carbocycles. The van der Waals surface area contributed by atoms with Gasteiger partial charge >= 0.3 is 0 Å². The second-order valence-corrected chi connectivity index (χ2v) is 4.43. The Balaban J connectivity index is 2.67. The molecule has 0 radical (unpaired) electrons. The molecule has 0 fully saturated rings. The van der Waals surface area contributed by atoms with E-state index in [0.717, 1.165) is 31.1 Å². The summed E-state index contributed by atoms with van der Waals surface area (Å²) >= 11 is 0. The maximum Gasteiger partial charge on any atom is 0.147 e. The maximum atomic E-state index is 5.12. The first kappa shape index (κ1) is 14.9. The molecule has 18 heavy (non-hydrogen) atoms. The Hall–Kier alpha value is -1.20. The lowest BCUT2D eigenvalue weighted by molar-refractivity contribution is 0.203. The van der Waals surface area contributed by atoms with Crippen LogP contribution in [0.3, 0.4) is 0 Å². The Bertz CT molecular complexity index is 326. The first-order chi connectivity index (χ1) is 8.69. The summed E-state index contributed by atoms with van der Waals surface area (Å²) in [5.74, 6) is 0.905. The molecule has 0 aromatic carbocycles. The average Bonchev–Trinajstić information content (AvgIpc) is 2.38. The molecule has 0 aliphatic rings. The molecule has 0 unspecified atom stereocenters. The summed E-state index contributed by atoms with van der Waals surface area (Å²) in [6.07, 6.45) is 3.67. The lowest BCUT2D eigenvalue weighted by Crippen LogP contribution is -2.34. The van der Waals surface area contributed by atoms with Crippen LogP contribution in [0.25, 0.3) is 0 Å². The zero-order chi connectivity index (χ0) is 13.4. The highest BCUT2D eigenvalue weighted by atomic mass is 16.5. The van der Waals surface area contributed by atoms with E-state index < -0.39 is 0 Å². The van der Waals surface area contributed by atoms with Crippen LogP contribution in [-0.4, -0.2) is 42.8 Å². The first-order valence-corrected chi connectivity index (χ1v) is 6.46.